The number of hydrogen-bond acceptors (Lipinski definition) is 5. The van der Waals surface area contributed by atoms with Gasteiger partial charge in [-0.25, -0.2) is 4.79 Å². The summed E-state index contributed by atoms with van der Waals surface area (Å²) in [7, 11) is 1.31. The summed E-state index contributed by atoms with van der Waals surface area (Å²) in [5.74, 6) is -0.455. The summed E-state index contributed by atoms with van der Waals surface area (Å²) in [5, 5.41) is 0. The maximum atomic E-state index is 11.3. The van der Waals surface area contributed by atoms with Gasteiger partial charge in [-0.05, 0) is 12.1 Å². The van der Waals surface area contributed by atoms with Crippen LogP contribution >= 0.6 is 0 Å². The normalized spacial score (nSPS) is 10.4. The lowest BCUT2D eigenvalue weighted by Crippen LogP contribution is -2.01. The molecule has 14 heavy (non-hydrogen) atoms. The van der Waals surface area contributed by atoms with Crippen molar-refractivity contribution in [2.75, 3.05) is 12.8 Å². The predicted molar refractivity (Wildman–Crippen MR) is 49.8 cm³/mol. The highest BCUT2D eigenvalue weighted by Crippen LogP contribution is 2.20. The molecule has 0 aliphatic rings. The van der Waals surface area contributed by atoms with Crippen molar-refractivity contribution in [2.24, 2.45) is 0 Å². The second-order valence-corrected chi connectivity index (χ2v) is 2.70. The second kappa shape index (κ2) is 3.02. The molecular formula is C9H8N2O3. The molecule has 0 aliphatic heterocycles. The quantitative estimate of drug-likeness (QED) is 0.686. The van der Waals surface area contributed by atoms with Gasteiger partial charge in [0.15, 0.2) is 5.58 Å². The van der Waals surface area contributed by atoms with E-state index >= 15 is 0 Å². The summed E-state index contributed by atoms with van der Waals surface area (Å²) < 4.78 is 9.65. The van der Waals surface area contributed by atoms with Crippen LogP contribution < -0.4 is 5.73 Å². The van der Waals surface area contributed by atoms with E-state index in [-0.39, 0.29) is 6.01 Å². The molecule has 0 radical (unpaired) electrons. The molecule has 0 atom stereocenters. The minimum atomic E-state index is -0.455. The average Bonchev–Trinajstić information content (AvgIpc) is 2.56. The Morgan fingerprint density at radius 3 is 3.07 bits per heavy atom. The third kappa shape index (κ3) is 1.19. The van der Waals surface area contributed by atoms with Gasteiger partial charge in [-0.1, -0.05) is 6.07 Å². The van der Waals surface area contributed by atoms with E-state index in [4.69, 9.17) is 10.2 Å². The third-order valence-corrected chi connectivity index (χ3v) is 1.84. The molecule has 0 saturated carbocycles. The van der Waals surface area contributed by atoms with Crippen LogP contribution in [0.15, 0.2) is 22.6 Å². The molecule has 0 unspecified atom stereocenters. The van der Waals surface area contributed by atoms with Crippen molar-refractivity contribution in [2.45, 2.75) is 0 Å². The number of ether oxygens (including phenoxy) is 1. The zero-order valence-corrected chi connectivity index (χ0v) is 7.48. The van der Waals surface area contributed by atoms with Crippen LogP contribution in [0.5, 0.6) is 0 Å². The number of benzene rings is 1. The number of carbonyl (C=O) groups is 1. The molecule has 2 rings (SSSR count). The van der Waals surface area contributed by atoms with Gasteiger partial charge in [0.05, 0.1) is 12.7 Å². The van der Waals surface area contributed by atoms with Crippen molar-refractivity contribution in [3.8, 4) is 0 Å². The summed E-state index contributed by atoms with van der Waals surface area (Å²) in [6, 6.07) is 5.01. The zero-order chi connectivity index (χ0) is 10.1. The third-order valence-electron chi connectivity index (χ3n) is 1.84. The maximum Gasteiger partial charge on any atom is 0.340 e. The Labute approximate surface area is 79.5 Å². The molecule has 5 nitrogen and oxygen atoms in total. The lowest BCUT2D eigenvalue weighted by Gasteiger charge is -1.97. The number of esters is 1. The van der Waals surface area contributed by atoms with Gasteiger partial charge in [0, 0.05) is 0 Å². The van der Waals surface area contributed by atoms with Crippen molar-refractivity contribution >= 4 is 23.1 Å². The molecule has 0 aliphatic carbocycles. The standard InChI is InChI=1S/C9H8N2O3/c1-13-8(12)5-3-2-4-6-7(5)11-9(10)14-6/h2-4H,1H3,(H2,10,11). The monoisotopic (exact) mass is 192 g/mol. The lowest BCUT2D eigenvalue weighted by atomic mass is 10.2. The molecule has 0 spiro atoms. The van der Waals surface area contributed by atoms with E-state index in [1.54, 1.807) is 18.2 Å². The number of methoxy groups -OCH3 is 1. The molecule has 0 bridgehead atoms. The van der Waals surface area contributed by atoms with Gasteiger partial charge < -0.3 is 14.9 Å². The number of carbonyl (C=O) groups excluding carboxylic acids is 1. The molecule has 2 aromatic rings. The maximum absolute atomic E-state index is 11.3. The number of nitrogen functional groups attached to an aromatic ring is 1. The van der Waals surface area contributed by atoms with Crippen LogP contribution in [0.3, 0.4) is 0 Å². The first-order chi connectivity index (χ1) is 6.72. The Morgan fingerprint density at radius 2 is 2.36 bits per heavy atom. The average molecular weight is 192 g/mol. The van der Waals surface area contributed by atoms with E-state index in [1.165, 1.54) is 7.11 Å². The number of nitrogens with two attached hydrogens (primary N) is 1. The van der Waals surface area contributed by atoms with Gasteiger partial charge in [0.2, 0.25) is 0 Å². The number of aromatic nitrogens is 1. The van der Waals surface area contributed by atoms with E-state index in [0.29, 0.717) is 16.7 Å². The molecule has 72 valence electrons. The Morgan fingerprint density at radius 1 is 1.57 bits per heavy atom. The minimum Gasteiger partial charge on any atom is -0.465 e. The van der Waals surface area contributed by atoms with E-state index < -0.39 is 5.97 Å². The number of nitrogens with zero attached hydrogens (tertiary/aromatic N) is 1. The van der Waals surface area contributed by atoms with Crippen LogP contribution in [0.2, 0.25) is 0 Å². The van der Waals surface area contributed by atoms with E-state index in [1.807, 2.05) is 0 Å². The van der Waals surface area contributed by atoms with E-state index in [0.717, 1.165) is 0 Å². The van der Waals surface area contributed by atoms with Crippen LogP contribution in [0.1, 0.15) is 10.4 Å². The highest BCUT2D eigenvalue weighted by Gasteiger charge is 2.13. The van der Waals surface area contributed by atoms with Gasteiger partial charge in [-0.3, -0.25) is 0 Å². The molecule has 5 heteroatoms. The largest absolute Gasteiger partial charge is 0.465 e. The summed E-state index contributed by atoms with van der Waals surface area (Å²) in [4.78, 5) is 15.2. The number of oxazole rings is 1. The van der Waals surface area contributed by atoms with Gasteiger partial charge in [-0.2, -0.15) is 4.98 Å². The van der Waals surface area contributed by atoms with Crippen LogP contribution in [-0.4, -0.2) is 18.1 Å². The Bertz CT molecular complexity index is 490. The van der Waals surface area contributed by atoms with Gasteiger partial charge in [-0.15, -0.1) is 0 Å². The smallest absolute Gasteiger partial charge is 0.340 e. The molecule has 0 fully saturated rings. The van der Waals surface area contributed by atoms with Crippen LogP contribution in [0.25, 0.3) is 11.1 Å². The van der Waals surface area contributed by atoms with Crippen LogP contribution in [0.4, 0.5) is 6.01 Å². The van der Waals surface area contributed by atoms with Crippen molar-refractivity contribution in [1.82, 2.24) is 4.98 Å². The Balaban J connectivity index is 2.70. The van der Waals surface area contributed by atoms with Gasteiger partial charge >= 0.3 is 5.97 Å². The topological polar surface area (TPSA) is 78.3 Å². The highest BCUT2D eigenvalue weighted by molar-refractivity contribution is 6.01. The predicted octanol–water partition coefficient (Wildman–Crippen LogP) is 1.20. The Kier molecular flexibility index (Phi) is 1.85. The van der Waals surface area contributed by atoms with E-state index in [2.05, 4.69) is 9.72 Å². The number of para-hydroxylation sites is 1. The second-order valence-electron chi connectivity index (χ2n) is 2.70. The first-order valence-corrected chi connectivity index (χ1v) is 3.95. The van der Waals surface area contributed by atoms with Crippen molar-refractivity contribution in [1.29, 1.82) is 0 Å². The fourth-order valence-electron chi connectivity index (χ4n) is 1.24. The highest BCUT2D eigenvalue weighted by atomic mass is 16.5. The molecule has 1 aromatic carbocycles. The van der Waals surface area contributed by atoms with E-state index in [9.17, 15) is 4.79 Å². The number of hydrogen-bond donors (Lipinski definition) is 1. The molecule has 0 amide bonds. The number of fused-ring (bicyclic) bond motifs is 1. The van der Waals surface area contributed by atoms with Crippen molar-refractivity contribution in [3.63, 3.8) is 0 Å². The summed E-state index contributed by atoms with van der Waals surface area (Å²) in [5.41, 5.74) is 6.63. The number of rotatable bonds is 1. The molecular weight excluding hydrogens is 184 g/mol. The fourth-order valence-corrected chi connectivity index (χ4v) is 1.24. The first kappa shape index (κ1) is 8.55. The van der Waals surface area contributed by atoms with Crippen LogP contribution in [-0.2, 0) is 4.74 Å². The van der Waals surface area contributed by atoms with Crippen molar-refractivity contribution in [3.05, 3.63) is 23.8 Å². The molecule has 1 heterocycles. The molecule has 1 aromatic heterocycles. The van der Waals surface area contributed by atoms with Crippen molar-refractivity contribution < 1.29 is 13.9 Å². The van der Waals surface area contributed by atoms with Crippen LogP contribution in [0, 0.1) is 0 Å². The number of anilines is 1. The molecule has 0 saturated heterocycles. The summed E-state index contributed by atoms with van der Waals surface area (Å²) in [6.45, 7) is 0. The lowest BCUT2D eigenvalue weighted by molar-refractivity contribution is 0.0603. The van der Waals surface area contributed by atoms with Gasteiger partial charge in [0.1, 0.15) is 5.52 Å². The first-order valence-electron chi connectivity index (χ1n) is 3.95. The fraction of sp³-hybridized carbons (Fsp3) is 0.111. The minimum absolute atomic E-state index is 0.0383. The summed E-state index contributed by atoms with van der Waals surface area (Å²) >= 11 is 0. The summed E-state index contributed by atoms with van der Waals surface area (Å²) in [6.07, 6.45) is 0. The SMILES string of the molecule is COC(=O)c1cccc2oc(N)nc12. The Hall–Kier alpha value is -2.04. The molecule has 2 N–H and O–H groups in total. The van der Waals surface area contributed by atoms with Gasteiger partial charge in [0.25, 0.3) is 6.01 Å². The zero-order valence-electron chi connectivity index (χ0n) is 7.48.